The molecule has 1 rings (SSSR count). The first kappa shape index (κ1) is 10.8. The molecule has 0 amide bonds. The fraction of sp³-hybridized carbons (Fsp3) is 0.300. The number of thioether (sulfide) groups is 1. The molecular weight excluding hydrogens is 248 g/mol. The lowest BCUT2D eigenvalue weighted by atomic mass is 10.1. The van der Waals surface area contributed by atoms with Gasteiger partial charge in [-0.25, -0.2) is 0 Å². The molecule has 0 aromatic heterocycles. The van der Waals surface area contributed by atoms with Gasteiger partial charge in [-0.2, -0.15) is 0 Å². The third-order valence-corrected chi connectivity index (χ3v) is 3.12. The van der Waals surface area contributed by atoms with Gasteiger partial charge in [-0.05, 0) is 12.1 Å². The van der Waals surface area contributed by atoms with Crippen molar-refractivity contribution in [2.24, 2.45) is 0 Å². The Morgan fingerprint density at radius 2 is 2.00 bits per heavy atom. The van der Waals surface area contributed by atoms with E-state index in [0.717, 1.165) is 10.2 Å². The summed E-state index contributed by atoms with van der Waals surface area (Å²) in [5.41, 5.74) is 0.807. The molecule has 0 bridgehead atoms. The van der Waals surface area contributed by atoms with Crippen LogP contribution in [-0.2, 0) is 0 Å². The number of benzene rings is 1. The normalized spacial score (nSPS) is 10.0. The molecule has 0 spiro atoms. The zero-order valence-corrected chi connectivity index (χ0v) is 9.82. The van der Waals surface area contributed by atoms with Gasteiger partial charge in [-0.3, -0.25) is 4.79 Å². The minimum absolute atomic E-state index is 0.204. The maximum absolute atomic E-state index is 11.3. The van der Waals surface area contributed by atoms with Crippen LogP contribution in [0.1, 0.15) is 23.7 Å². The summed E-state index contributed by atoms with van der Waals surface area (Å²) >= 11 is 5.05. The molecule has 1 aromatic rings. The Hall–Kier alpha value is -0.280. The molecule has 0 aliphatic heterocycles. The highest BCUT2D eigenvalue weighted by atomic mass is 79.9. The van der Waals surface area contributed by atoms with Crippen molar-refractivity contribution < 1.29 is 4.79 Å². The molecule has 1 nitrogen and oxygen atoms in total. The number of hydrogen-bond acceptors (Lipinski definition) is 2. The third-order valence-electron chi connectivity index (χ3n) is 1.72. The first-order valence-corrected chi connectivity index (χ1v) is 6.20. The van der Waals surface area contributed by atoms with E-state index in [2.05, 4.69) is 15.9 Å². The summed E-state index contributed by atoms with van der Waals surface area (Å²) in [6, 6.07) is 7.73. The monoisotopic (exact) mass is 258 g/mol. The molecule has 13 heavy (non-hydrogen) atoms. The van der Waals surface area contributed by atoms with Gasteiger partial charge in [0.05, 0.1) is 4.66 Å². The number of rotatable bonds is 4. The van der Waals surface area contributed by atoms with Crippen molar-refractivity contribution in [1.82, 2.24) is 0 Å². The number of hydrogen-bond donors (Lipinski definition) is 0. The Morgan fingerprint density at radius 3 is 2.46 bits per heavy atom. The average Bonchev–Trinajstić information content (AvgIpc) is 2.18. The van der Waals surface area contributed by atoms with Crippen molar-refractivity contribution in [1.29, 1.82) is 0 Å². The van der Waals surface area contributed by atoms with Gasteiger partial charge >= 0.3 is 0 Å². The van der Waals surface area contributed by atoms with E-state index >= 15 is 0 Å². The van der Waals surface area contributed by atoms with Crippen LogP contribution in [-0.4, -0.2) is 10.4 Å². The van der Waals surface area contributed by atoms with Crippen LogP contribution >= 0.6 is 27.7 Å². The van der Waals surface area contributed by atoms with Crippen LogP contribution in [0, 0.1) is 0 Å². The number of carbonyl (C=O) groups is 1. The van der Waals surface area contributed by atoms with Crippen molar-refractivity contribution >= 4 is 33.5 Å². The Bertz CT molecular complexity index is 281. The second kappa shape index (κ2) is 5.45. The van der Waals surface area contributed by atoms with Crippen molar-refractivity contribution in [2.45, 2.75) is 18.2 Å². The molecule has 0 atom stereocenters. The van der Waals surface area contributed by atoms with Crippen LogP contribution in [0.15, 0.2) is 29.2 Å². The zero-order valence-electron chi connectivity index (χ0n) is 7.42. The molecule has 0 saturated heterocycles. The van der Waals surface area contributed by atoms with Crippen LogP contribution in [0.2, 0.25) is 0 Å². The Morgan fingerprint density at radius 1 is 1.38 bits per heavy atom. The lowest BCUT2D eigenvalue weighted by Crippen LogP contribution is -1.95. The zero-order chi connectivity index (χ0) is 9.68. The third kappa shape index (κ3) is 3.16. The molecule has 70 valence electrons. The minimum atomic E-state index is 0.204. The number of halogens is 1. The van der Waals surface area contributed by atoms with Crippen LogP contribution in [0.25, 0.3) is 0 Å². The molecule has 0 heterocycles. The van der Waals surface area contributed by atoms with Crippen LogP contribution in [0.4, 0.5) is 0 Å². The van der Waals surface area contributed by atoms with Gasteiger partial charge in [0, 0.05) is 16.9 Å². The second-order valence-corrected chi connectivity index (χ2v) is 4.91. The summed E-state index contributed by atoms with van der Waals surface area (Å²) in [7, 11) is 0. The van der Waals surface area contributed by atoms with Crippen LogP contribution < -0.4 is 0 Å². The predicted molar refractivity (Wildman–Crippen MR) is 60.7 cm³/mol. The van der Waals surface area contributed by atoms with E-state index in [0.29, 0.717) is 6.42 Å². The first-order chi connectivity index (χ1) is 6.27. The van der Waals surface area contributed by atoms with E-state index in [4.69, 9.17) is 0 Å². The van der Waals surface area contributed by atoms with Gasteiger partial charge < -0.3 is 0 Å². The van der Waals surface area contributed by atoms with E-state index < -0.39 is 0 Å². The van der Waals surface area contributed by atoms with Crippen molar-refractivity contribution in [3.8, 4) is 0 Å². The summed E-state index contributed by atoms with van der Waals surface area (Å²) in [5, 5.41) is 0. The van der Waals surface area contributed by atoms with E-state index in [9.17, 15) is 4.79 Å². The lowest BCUT2D eigenvalue weighted by Gasteiger charge is -1.99. The van der Waals surface area contributed by atoms with Gasteiger partial charge in [-0.1, -0.05) is 35.0 Å². The highest BCUT2D eigenvalue weighted by Crippen LogP contribution is 2.20. The van der Waals surface area contributed by atoms with Crippen LogP contribution in [0.3, 0.4) is 0 Å². The first-order valence-electron chi connectivity index (χ1n) is 4.10. The van der Waals surface area contributed by atoms with E-state index in [1.165, 1.54) is 4.90 Å². The average molecular weight is 259 g/mol. The molecule has 1 aromatic carbocycles. The maximum Gasteiger partial charge on any atom is 0.162 e. The van der Waals surface area contributed by atoms with Gasteiger partial charge in [0.1, 0.15) is 0 Å². The van der Waals surface area contributed by atoms with Gasteiger partial charge in [0.2, 0.25) is 0 Å². The molecule has 3 heteroatoms. The summed E-state index contributed by atoms with van der Waals surface area (Å²) in [5.74, 6) is 0.204. The lowest BCUT2D eigenvalue weighted by molar-refractivity contribution is 0.0988. The molecular formula is C10H11BrOS. The SMILES string of the molecule is CCC(=O)c1ccc(SCBr)cc1. The van der Waals surface area contributed by atoms with Crippen LogP contribution in [0.5, 0.6) is 0 Å². The molecule has 0 aliphatic rings. The van der Waals surface area contributed by atoms with Gasteiger partial charge in [0.25, 0.3) is 0 Å². The van der Waals surface area contributed by atoms with Gasteiger partial charge in [0.15, 0.2) is 5.78 Å². The molecule has 0 fully saturated rings. The van der Waals surface area contributed by atoms with E-state index in [1.54, 1.807) is 11.8 Å². The molecule has 0 radical (unpaired) electrons. The smallest absolute Gasteiger partial charge is 0.162 e. The summed E-state index contributed by atoms with van der Waals surface area (Å²) < 4.78 is 0.883. The number of Topliss-reactive ketones (excluding diaryl/α,β-unsaturated/α-hetero) is 1. The molecule has 0 unspecified atom stereocenters. The molecule has 0 aliphatic carbocycles. The number of ketones is 1. The van der Waals surface area contributed by atoms with Gasteiger partial charge in [-0.15, -0.1) is 11.8 Å². The highest BCUT2D eigenvalue weighted by molar-refractivity contribution is 9.11. The second-order valence-electron chi connectivity index (χ2n) is 2.55. The predicted octanol–water partition coefficient (Wildman–Crippen LogP) is 3.72. The molecule has 0 N–H and O–H groups in total. The fourth-order valence-electron chi connectivity index (χ4n) is 1.00. The number of carbonyl (C=O) groups excluding carboxylic acids is 1. The van der Waals surface area contributed by atoms with E-state index in [-0.39, 0.29) is 5.78 Å². The number of alkyl halides is 1. The largest absolute Gasteiger partial charge is 0.294 e. The van der Waals surface area contributed by atoms with E-state index in [1.807, 2.05) is 31.2 Å². The standard InChI is InChI=1S/C10H11BrOS/c1-2-10(12)8-3-5-9(6-4-8)13-7-11/h3-6H,2,7H2,1H3. The quantitative estimate of drug-likeness (QED) is 0.465. The maximum atomic E-state index is 11.3. The Balaban J connectivity index is 2.75. The Labute approximate surface area is 91.0 Å². The van der Waals surface area contributed by atoms with Crippen molar-refractivity contribution in [2.75, 3.05) is 4.66 Å². The topological polar surface area (TPSA) is 17.1 Å². The summed E-state index contributed by atoms with van der Waals surface area (Å²) in [4.78, 5) is 12.5. The van der Waals surface area contributed by atoms with Crippen molar-refractivity contribution in [3.05, 3.63) is 29.8 Å². The summed E-state index contributed by atoms with van der Waals surface area (Å²) in [6.45, 7) is 1.88. The summed E-state index contributed by atoms with van der Waals surface area (Å²) in [6.07, 6.45) is 0.574. The minimum Gasteiger partial charge on any atom is -0.294 e. The Kier molecular flexibility index (Phi) is 4.53. The fourth-order valence-corrected chi connectivity index (χ4v) is 2.25. The molecule has 0 saturated carbocycles. The highest BCUT2D eigenvalue weighted by Gasteiger charge is 2.01. The van der Waals surface area contributed by atoms with Crippen molar-refractivity contribution in [3.63, 3.8) is 0 Å².